The second-order valence-electron chi connectivity index (χ2n) is 10.4. The predicted molar refractivity (Wildman–Crippen MR) is 126 cm³/mol. The summed E-state index contributed by atoms with van der Waals surface area (Å²) in [5, 5.41) is 3.33. The maximum Gasteiger partial charge on any atom is 0.264 e. The smallest absolute Gasteiger partial charge is 0.264 e. The fourth-order valence-corrected chi connectivity index (χ4v) is 8.20. The topological polar surface area (TPSA) is 66.5 Å². The number of benzene rings is 2. The molecule has 5 nitrogen and oxygen atoms in total. The van der Waals surface area contributed by atoms with Crippen molar-refractivity contribution in [2.75, 3.05) is 10.8 Å². The molecule has 0 heterocycles. The third kappa shape index (κ3) is 3.94. The van der Waals surface area contributed by atoms with Gasteiger partial charge in [-0.3, -0.25) is 9.10 Å². The van der Waals surface area contributed by atoms with Crippen LogP contribution in [0.2, 0.25) is 0 Å². The Bertz CT molecular complexity index is 1090. The standard InChI is InChI=1S/C26H32N2O3S/c1-18-7-9-23(10-8-18)32(30,31)28(24-6-4-3-5-19(24)2)17-25(29)27-26-14-20-11-21(15-26)13-22(12-20)16-26/h3-10,20-22H,11-17H2,1-2H3,(H,27,29). The Morgan fingerprint density at radius 2 is 1.50 bits per heavy atom. The van der Waals surface area contributed by atoms with E-state index in [0.29, 0.717) is 23.4 Å². The molecule has 4 fully saturated rings. The number of para-hydroxylation sites is 1. The third-order valence-electron chi connectivity index (χ3n) is 7.72. The van der Waals surface area contributed by atoms with Crippen molar-refractivity contribution < 1.29 is 13.2 Å². The van der Waals surface area contributed by atoms with Gasteiger partial charge < -0.3 is 5.32 Å². The van der Waals surface area contributed by atoms with E-state index in [0.717, 1.165) is 30.4 Å². The summed E-state index contributed by atoms with van der Waals surface area (Å²) in [7, 11) is -3.88. The molecule has 6 heteroatoms. The Hall–Kier alpha value is -2.34. The van der Waals surface area contributed by atoms with E-state index in [1.165, 1.54) is 23.6 Å². The lowest BCUT2D eigenvalue weighted by molar-refractivity contribution is -0.125. The molecule has 6 rings (SSSR count). The van der Waals surface area contributed by atoms with Gasteiger partial charge in [0, 0.05) is 5.54 Å². The highest BCUT2D eigenvalue weighted by Crippen LogP contribution is 2.55. The highest BCUT2D eigenvalue weighted by atomic mass is 32.2. The molecule has 0 radical (unpaired) electrons. The molecule has 4 saturated carbocycles. The van der Waals surface area contributed by atoms with Gasteiger partial charge in [0.25, 0.3) is 10.0 Å². The van der Waals surface area contributed by atoms with Crippen LogP contribution in [0.5, 0.6) is 0 Å². The molecular weight excluding hydrogens is 420 g/mol. The first-order chi connectivity index (χ1) is 15.2. The van der Waals surface area contributed by atoms with Gasteiger partial charge in [0.1, 0.15) is 6.54 Å². The maximum absolute atomic E-state index is 13.6. The zero-order chi connectivity index (χ0) is 22.5. The Morgan fingerprint density at radius 1 is 0.938 bits per heavy atom. The van der Waals surface area contributed by atoms with E-state index in [-0.39, 0.29) is 22.9 Å². The number of amides is 1. The third-order valence-corrected chi connectivity index (χ3v) is 9.50. The summed E-state index contributed by atoms with van der Waals surface area (Å²) in [6, 6.07) is 14.2. The van der Waals surface area contributed by atoms with Crippen molar-refractivity contribution in [3.63, 3.8) is 0 Å². The van der Waals surface area contributed by atoms with Crippen LogP contribution in [-0.4, -0.2) is 26.4 Å². The van der Waals surface area contributed by atoms with Crippen LogP contribution in [0.15, 0.2) is 53.4 Å². The second kappa shape index (κ2) is 7.91. The molecule has 1 amide bonds. The molecule has 1 N–H and O–H groups in total. The first kappa shape index (κ1) is 21.5. The molecule has 2 aromatic rings. The Balaban J connectivity index is 1.43. The fraction of sp³-hybridized carbons (Fsp3) is 0.500. The SMILES string of the molecule is Cc1ccc(S(=O)(=O)N(CC(=O)NC23CC4CC(CC(C4)C2)C3)c2ccccc2C)cc1. The first-order valence-electron chi connectivity index (χ1n) is 11.7. The number of carbonyl (C=O) groups is 1. The van der Waals surface area contributed by atoms with Crippen LogP contribution in [0.25, 0.3) is 0 Å². The number of hydrogen-bond donors (Lipinski definition) is 1. The molecule has 2 aromatic carbocycles. The van der Waals surface area contributed by atoms with Crippen molar-refractivity contribution in [2.45, 2.75) is 62.8 Å². The van der Waals surface area contributed by atoms with Crippen LogP contribution >= 0.6 is 0 Å². The van der Waals surface area contributed by atoms with Crippen molar-refractivity contribution in [3.05, 3.63) is 59.7 Å². The monoisotopic (exact) mass is 452 g/mol. The van der Waals surface area contributed by atoms with Crippen LogP contribution in [0.3, 0.4) is 0 Å². The summed E-state index contributed by atoms with van der Waals surface area (Å²) >= 11 is 0. The number of nitrogens with one attached hydrogen (secondary N) is 1. The molecule has 4 aliphatic rings. The molecule has 0 atom stereocenters. The van der Waals surface area contributed by atoms with Crippen molar-refractivity contribution in [2.24, 2.45) is 17.8 Å². The van der Waals surface area contributed by atoms with Gasteiger partial charge in [-0.25, -0.2) is 8.42 Å². The zero-order valence-electron chi connectivity index (χ0n) is 18.9. The van der Waals surface area contributed by atoms with Crippen LogP contribution in [0, 0.1) is 31.6 Å². The summed E-state index contributed by atoms with van der Waals surface area (Å²) in [4.78, 5) is 13.5. The number of nitrogens with zero attached hydrogens (tertiary/aromatic N) is 1. The highest BCUT2D eigenvalue weighted by Gasteiger charge is 2.51. The predicted octanol–water partition coefficient (Wildman–Crippen LogP) is 4.58. The normalized spacial score (nSPS) is 28.5. The van der Waals surface area contributed by atoms with Gasteiger partial charge >= 0.3 is 0 Å². The van der Waals surface area contributed by atoms with Crippen LogP contribution in [0.1, 0.15) is 49.7 Å². The van der Waals surface area contributed by atoms with E-state index >= 15 is 0 Å². The zero-order valence-corrected chi connectivity index (χ0v) is 19.7. The van der Waals surface area contributed by atoms with Gasteiger partial charge in [0.2, 0.25) is 5.91 Å². The first-order valence-corrected chi connectivity index (χ1v) is 13.1. The summed E-state index contributed by atoms with van der Waals surface area (Å²) < 4.78 is 28.6. The quantitative estimate of drug-likeness (QED) is 0.697. The van der Waals surface area contributed by atoms with Gasteiger partial charge in [-0.05, 0) is 93.9 Å². The molecule has 4 aliphatic carbocycles. The largest absolute Gasteiger partial charge is 0.349 e. The van der Waals surface area contributed by atoms with E-state index in [9.17, 15) is 13.2 Å². The average molecular weight is 453 g/mol. The van der Waals surface area contributed by atoms with Gasteiger partial charge in [-0.2, -0.15) is 0 Å². The van der Waals surface area contributed by atoms with Gasteiger partial charge in [0.15, 0.2) is 0 Å². The number of anilines is 1. The molecule has 0 spiro atoms. The van der Waals surface area contributed by atoms with E-state index in [4.69, 9.17) is 0 Å². The number of aryl methyl sites for hydroxylation is 2. The van der Waals surface area contributed by atoms with Gasteiger partial charge in [-0.15, -0.1) is 0 Å². The lowest BCUT2D eigenvalue weighted by Gasteiger charge is -2.57. The van der Waals surface area contributed by atoms with Gasteiger partial charge in [0.05, 0.1) is 10.6 Å². The summed E-state index contributed by atoms with van der Waals surface area (Å²) in [5.74, 6) is 1.94. The Kier molecular flexibility index (Phi) is 5.31. The second-order valence-corrected chi connectivity index (χ2v) is 12.2. The molecule has 0 saturated heterocycles. The summed E-state index contributed by atoms with van der Waals surface area (Å²) in [6.07, 6.45) is 7.02. The minimum absolute atomic E-state index is 0.142. The molecule has 0 aliphatic heterocycles. The number of hydrogen-bond acceptors (Lipinski definition) is 3. The highest BCUT2D eigenvalue weighted by molar-refractivity contribution is 7.92. The molecule has 4 bridgehead atoms. The van der Waals surface area contributed by atoms with E-state index in [2.05, 4.69) is 5.32 Å². The Morgan fingerprint density at radius 3 is 2.06 bits per heavy atom. The lowest BCUT2D eigenvalue weighted by Crippen LogP contribution is -2.61. The lowest BCUT2D eigenvalue weighted by atomic mass is 9.53. The molecule has 170 valence electrons. The van der Waals surface area contributed by atoms with E-state index in [1.807, 2.05) is 32.0 Å². The minimum Gasteiger partial charge on any atom is -0.349 e. The van der Waals surface area contributed by atoms with Crippen molar-refractivity contribution in [3.8, 4) is 0 Å². The fourth-order valence-electron chi connectivity index (χ4n) is 6.71. The van der Waals surface area contributed by atoms with Crippen LogP contribution < -0.4 is 9.62 Å². The minimum atomic E-state index is -3.88. The number of rotatable bonds is 6. The van der Waals surface area contributed by atoms with Gasteiger partial charge in [-0.1, -0.05) is 35.9 Å². The number of carbonyl (C=O) groups excluding carboxylic acids is 1. The Labute approximate surface area is 191 Å². The molecule has 32 heavy (non-hydrogen) atoms. The summed E-state index contributed by atoms with van der Waals surface area (Å²) in [5.41, 5.74) is 2.22. The van der Waals surface area contributed by atoms with Crippen molar-refractivity contribution >= 4 is 21.6 Å². The summed E-state index contributed by atoms with van der Waals surface area (Å²) in [6.45, 7) is 3.60. The van der Waals surface area contributed by atoms with Crippen LogP contribution in [-0.2, 0) is 14.8 Å². The molecular formula is C26H32N2O3S. The van der Waals surface area contributed by atoms with E-state index in [1.54, 1.807) is 30.3 Å². The van der Waals surface area contributed by atoms with Crippen LogP contribution in [0.4, 0.5) is 5.69 Å². The van der Waals surface area contributed by atoms with Crippen molar-refractivity contribution in [1.29, 1.82) is 0 Å². The molecule has 0 aromatic heterocycles. The average Bonchev–Trinajstić information content (AvgIpc) is 2.71. The number of sulfonamides is 1. The molecule has 0 unspecified atom stereocenters. The van der Waals surface area contributed by atoms with E-state index < -0.39 is 10.0 Å². The maximum atomic E-state index is 13.6. The van der Waals surface area contributed by atoms with Crippen molar-refractivity contribution in [1.82, 2.24) is 5.32 Å².